The fourth-order valence-electron chi connectivity index (χ4n) is 2.79. The summed E-state index contributed by atoms with van der Waals surface area (Å²) < 4.78 is 28.3. The zero-order valence-corrected chi connectivity index (χ0v) is 18.4. The molecule has 0 saturated heterocycles. The van der Waals surface area contributed by atoms with E-state index >= 15 is 0 Å². The maximum Gasteiger partial charge on any atom is 0.191 e. The van der Waals surface area contributed by atoms with E-state index in [0.717, 1.165) is 5.56 Å². The highest BCUT2D eigenvalue weighted by Crippen LogP contribution is 2.23. The number of benzene rings is 2. The van der Waals surface area contributed by atoms with Gasteiger partial charge in [0.1, 0.15) is 11.6 Å². The van der Waals surface area contributed by atoms with Gasteiger partial charge in [-0.2, -0.15) is 0 Å². The summed E-state index contributed by atoms with van der Waals surface area (Å²) in [6.07, 6.45) is 0. The largest absolute Gasteiger partial charge is 0.354 e. The van der Waals surface area contributed by atoms with E-state index in [2.05, 4.69) is 21.7 Å². The molecule has 0 bridgehead atoms. The van der Waals surface area contributed by atoms with Crippen molar-refractivity contribution < 1.29 is 8.78 Å². The molecule has 27 heavy (non-hydrogen) atoms. The lowest BCUT2D eigenvalue weighted by atomic mass is 10.0. The molecule has 0 fully saturated rings. The minimum absolute atomic E-state index is 0. The molecule has 0 saturated carbocycles. The standard InChI is InChI=1S/C20H26F2N4.HI/c1-14-7-5-8-15(11-14)12-24-20(23-2)25-13-18(26(3)4)19-16(21)9-6-10-17(19)22;/h5-11,18H,12-13H2,1-4H3,(H2,23,24,25);1H. The predicted octanol–water partition coefficient (Wildman–Crippen LogP) is 3.86. The number of guanidine groups is 1. The Kier molecular flexibility index (Phi) is 9.65. The van der Waals surface area contributed by atoms with Crippen LogP contribution < -0.4 is 10.6 Å². The van der Waals surface area contributed by atoms with Crippen molar-refractivity contribution in [2.75, 3.05) is 27.7 Å². The predicted molar refractivity (Wildman–Crippen MR) is 118 cm³/mol. The van der Waals surface area contributed by atoms with Crippen LogP contribution in [0.1, 0.15) is 22.7 Å². The van der Waals surface area contributed by atoms with Gasteiger partial charge < -0.3 is 15.5 Å². The van der Waals surface area contributed by atoms with Gasteiger partial charge in [-0.3, -0.25) is 4.99 Å². The molecule has 0 heterocycles. The normalized spacial score (nSPS) is 12.5. The van der Waals surface area contributed by atoms with Crippen molar-refractivity contribution in [1.29, 1.82) is 0 Å². The zero-order chi connectivity index (χ0) is 19.1. The van der Waals surface area contributed by atoms with Crippen LogP contribution >= 0.6 is 24.0 Å². The fraction of sp³-hybridized carbons (Fsp3) is 0.350. The van der Waals surface area contributed by atoms with Crippen LogP contribution in [0.5, 0.6) is 0 Å². The van der Waals surface area contributed by atoms with Crippen LogP contribution in [-0.4, -0.2) is 38.5 Å². The summed E-state index contributed by atoms with van der Waals surface area (Å²) in [5.74, 6) is -0.517. The number of aliphatic imine (C=N–C) groups is 1. The van der Waals surface area contributed by atoms with E-state index in [4.69, 9.17) is 0 Å². The van der Waals surface area contributed by atoms with Crippen LogP contribution in [0.15, 0.2) is 47.5 Å². The lowest BCUT2D eigenvalue weighted by Crippen LogP contribution is -2.41. The SMILES string of the molecule is CN=C(NCc1cccc(C)c1)NCC(c1c(F)cccc1F)N(C)C.I. The molecular weight excluding hydrogens is 461 g/mol. The molecule has 2 aromatic rings. The zero-order valence-electron chi connectivity index (χ0n) is 16.1. The first-order chi connectivity index (χ1) is 12.4. The van der Waals surface area contributed by atoms with Crippen LogP contribution in [0, 0.1) is 18.6 Å². The summed E-state index contributed by atoms with van der Waals surface area (Å²) in [4.78, 5) is 5.96. The smallest absolute Gasteiger partial charge is 0.191 e. The van der Waals surface area contributed by atoms with E-state index in [-0.39, 0.29) is 29.5 Å². The van der Waals surface area contributed by atoms with Crippen LogP contribution in [0.2, 0.25) is 0 Å². The number of rotatable bonds is 6. The van der Waals surface area contributed by atoms with Crippen molar-refractivity contribution in [3.05, 3.63) is 70.8 Å². The fourth-order valence-corrected chi connectivity index (χ4v) is 2.79. The molecule has 0 spiro atoms. The molecule has 7 heteroatoms. The van der Waals surface area contributed by atoms with E-state index in [9.17, 15) is 8.78 Å². The minimum Gasteiger partial charge on any atom is -0.354 e. The average Bonchev–Trinajstić information content (AvgIpc) is 2.59. The number of halogens is 3. The topological polar surface area (TPSA) is 39.7 Å². The quantitative estimate of drug-likeness (QED) is 0.369. The number of likely N-dealkylation sites (N-methyl/N-ethyl adjacent to an activating group) is 1. The number of nitrogens with zero attached hydrogens (tertiary/aromatic N) is 2. The Hall–Kier alpha value is -1.74. The molecule has 2 rings (SSSR count). The summed E-state index contributed by atoms with van der Waals surface area (Å²) >= 11 is 0. The van der Waals surface area contributed by atoms with E-state index in [0.29, 0.717) is 19.0 Å². The number of nitrogens with one attached hydrogen (secondary N) is 2. The number of hydrogen-bond donors (Lipinski definition) is 2. The van der Waals surface area contributed by atoms with Crippen LogP contribution in [0.4, 0.5) is 8.78 Å². The van der Waals surface area contributed by atoms with Gasteiger partial charge in [0, 0.05) is 25.7 Å². The molecule has 0 radical (unpaired) electrons. The summed E-state index contributed by atoms with van der Waals surface area (Å²) in [5, 5.41) is 6.37. The third-order valence-corrected chi connectivity index (χ3v) is 4.19. The van der Waals surface area contributed by atoms with E-state index in [1.54, 1.807) is 26.0 Å². The highest BCUT2D eigenvalue weighted by atomic mass is 127. The molecule has 148 valence electrons. The molecule has 2 N–H and O–H groups in total. The van der Waals surface area contributed by atoms with Gasteiger partial charge >= 0.3 is 0 Å². The Balaban J connectivity index is 0.00000364. The Morgan fingerprint density at radius 3 is 2.26 bits per heavy atom. The summed E-state index contributed by atoms with van der Waals surface area (Å²) in [5.41, 5.74) is 2.38. The second-order valence-corrected chi connectivity index (χ2v) is 6.41. The summed E-state index contributed by atoms with van der Waals surface area (Å²) in [7, 11) is 5.25. The molecule has 1 unspecified atom stereocenters. The highest BCUT2D eigenvalue weighted by molar-refractivity contribution is 14.0. The van der Waals surface area contributed by atoms with Crippen molar-refractivity contribution in [1.82, 2.24) is 15.5 Å². The Labute approximate surface area is 177 Å². The monoisotopic (exact) mass is 488 g/mol. The lowest BCUT2D eigenvalue weighted by Gasteiger charge is -2.26. The van der Waals surface area contributed by atoms with Gasteiger partial charge in [0.15, 0.2) is 5.96 Å². The number of aryl methyl sites for hydroxylation is 1. The molecule has 0 aliphatic rings. The molecule has 0 aliphatic carbocycles. The van der Waals surface area contributed by atoms with Gasteiger partial charge in [-0.05, 0) is 38.7 Å². The molecule has 2 aromatic carbocycles. The van der Waals surface area contributed by atoms with Crippen molar-refractivity contribution in [2.24, 2.45) is 4.99 Å². The molecule has 4 nitrogen and oxygen atoms in total. The van der Waals surface area contributed by atoms with Gasteiger partial charge in [0.25, 0.3) is 0 Å². The highest BCUT2D eigenvalue weighted by Gasteiger charge is 2.22. The van der Waals surface area contributed by atoms with Gasteiger partial charge in [-0.15, -0.1) is 24.0 Å². The van der Waals surface area contributed by atoms with Crippen LogP contribution in [0.25, 0.3) is 0 Å². The minimum atomic E-state index is -0.548. The van der Waals surface area contributed by atoms with E-state index in [1.807, 2.05) is 25.1 Å². The molecule has 1 atom stereocenters. The van der Waals surface area contributed by atoms with Crippen molar-refractivity contribution in [2.45, 2.75) is 19.5 Å². The maximum absolute atomic E-state index is 14.1. The van der Waals surface area contributed by atoms with Crippen molar-refractivity contribution >= 4 is 29.9 Å². The Morgan fingerprint density at radius 2 is 1.70 bits per heavy atom. The maximum atomic E-state index is 14.1. The van der Waals surface area contributed by atoms with E-state index in [1.165, 1.54) is 23.8 Å². The third-order valence-electron chi connectivity index (χ3n) is 4.19. The van der Waals surface area contributed by atoms with Gasteiger partial charge in [-0.1, -0.05) is 35.9 Å². The summed E-state index contributed by atoms with van der Waals surface area (Å²) in [6, 6.07) is 11.6. The van der Waals surface area contributed by atoms with E-state index < -0.39 is 17.7 Å². The number of hydrogen-bond acceptors (Lipinski definition) is 2. The van der Waals surface area contributed by atoms with Crippen molar-refractivity contribution in [3.8, 4) is 0 Å². The van der Waals surface area contributed by atoms with Gasteiger partial charge in [0.2, 0.25) is 0 Å². The molecular formula is C20H27F2IN4. The molecule has 0 aromatic heterocycles. The van der Waals surface area contributed by atoms with Crippen molar-refractivity contribution in [3.63, 3.8) is 0 Å². The third kappa shape index (κ3) is 6.73. The van der Waals surface area contributed by atoms with Gasteiger partial charge in [0.05, 0.1) is 6.04 Å². The Bertz CT molecular complexity index is 745. The Morgan fingerprint density at radius 1 is 1.07 bits per heavy atom. The summed E-state index contributed by atoms with van der Waals surface area (Å²) in [6.45, 7) is 2.97. The average molecular weight is 488 g/mol. The first kappa shape index (κ1) is 23.3. The molecule has 0 amide bonds. The second kappa shape index (κ2) is 11.2. The first-order valence-corrected chi connectivity index (χ1v) is 8.52. The second-order valence-electron chi connectivity index (χ2n) is 6.41. The molecule has 0 aliphatic heterocycles. The van der Waals surface area contributed by atoms with Crippen LogP contribution in [0.3, 0.4) is 0 Å². The first-order valence-electron chi connectivity index (χ1n) is 8.52. The van der Waals surface area contributed by atoms with Crippen LogP contribution in [-0.2, 0) is 6.54 Å². The van der Waals surface area contributed by atoms with Gasteiger partial charge in [-0.25, -0.2) is 8.78 Å². The lowest BCUT2D eigenvalue weighted by molar-refractivity contribution is 0.282.